The molecule has 0 aliphatic heterocycles. The van der Waals surface area contributed by atoms with Gasteiger partial charge in [-0.1, -0.05) is 133 Å². The maximum atomic E-state index is 14.1. The van der Waals surface area contributed by atoms with Crippen LogP contribution in [0.5, 0.6) is 5.75 Å². The monoisotopic (exact) mass is 793 g/mol. The number of rotatable bonds is 29. The molecular weight excluding hydrogens is 725 g/mol. The molecule has 0 saturated heterocycles. The molecule has 11 heteroatoms. The summed E-state index contributed by atoms with van der Waals surface area (Å²) in [7, 11) is 7.87. The zero-order valence-corrected chi connectivity index (χ0v) is 35.6. The summed E-state index contributed by atoms with van der Waals surface area (Å²) >= 11 is 0. The Bertz CT molecular complexity index is 1520. The Kier molecular flexibility index (Phi) is 22.6. The van der Waals surface area contributed by atoms with Crippen molar-refractivity contribution in [2.24, 2.45) is 0 Å². The first kappa shape index (κ1) is 47.7. The predicted octanol–water partition coefficient (Wildman–Crippen LogP) is 10.3. The molecule has 11 nitrogen and oxygen atoms in total. The summed E-state index contributed by atoms with van der Waals surface area (Å²) in [6.45, 7) is 4.15. The van der Waals surface area contributed by atoms with Gasteiger partial charge in [-0.25, -0.2) is 9.78 Å². The van der Waals surface area contributed by atoms with Crippen LogP contribution in [-0.2, 0) is 28.4 Å². The van der Waals surface area contributed by atoms with Crippen LogP contribution in [0.25, 0.3) is 0 Å². The average molecular weight is 794 g/mol. The highest BCUT2D eigenvalue weighted by molar-refractivity contribution is 6.14. The van der Waals surface area contributed by atoms with Gasteiger partial charge in [0.2, 0.25) is 5.82 Å². The standard InChI is InChI=1S/C46H69N2O9/c1-8-10-11-12-13-14-15-16-17-18-22-31-41(54-7)43(39(9-2)52-5)57-45(36-27-20-19-21-28-36)55-34-37(51-4)35-56-46(50)48(3,42-32-25-26-33-47-42)44(49)38-29-23-24-30-40(38)53-6/h19-21,23-30,32-33,37,39,41,43,45H,8-18,22,31,34-35H2,1-7H3/q+1. The Morgan fingerprint density at radius 1 is 0.684 bits per heavy atom. The zero-order valence-electron chi connectivity index (χ0n) is 35.6. The fourth-order valence-electron chi connectivity index (χ4n) is 6.97. The molecule has 6 atom stereocenters. The fraction of sp³-hybridized carbons (Fsp3) is 0.587. The smallest absolute Gasteiger partial charge is 0.496 e. The van der Waals surface area contributed by atoms with E-state index in [2.05, 4.69) is 18.8 Å². The van der Waals surface area contributed by atoms with Crippen LogP contribution in [0.4, 0.5) is 10.6 Å². The summed E-state index contributed by atoms with van der Waals surface area (Å²) in [5, 5.41) is 0. The van der Waals surface area contributed by atoms with Gasteiger partial charge in [-0.2, -0.15) is 4.79 Å². The summed E-state index contributed by atoms with van der Waals surface area (Å²) in [6.07, 6.45) is 13.8. The number of methoxy groups -OCH3 is 4. The van der Waals surface area contributed by atoms with Crippen molar-refractivity contribution in [1.29, 1.82) is 0 Å². The molecule has 0 aliphatic carbocycles. The predicted molar refractivity (Wildman–Crippen MR) is 224 cm³/mol. The minimum absolute atomic E-state index is 0.0177. The average Bonchev–Trinajstić information content (AvgIpc) is 3.26. The molecule has 0 bridgehead atoms. The SMILES string of the molecule is CCCCCCCCCCCCCC(OC)C(OC(OCC(COC(=O)[N+](C)(C(=O)c1ccccc1OC)c1ccccn1)OC)c1ccccc1)C(CC)OC. The number of unbranched alkanes of at least 4 members (excludes halogenated alkanes) is 10. The summed E-state index contributed by atoms with van der Waals surface area (Å²) in [5.74, 6) is -0.0385. The number of quaternary nitrogens is 1. The number of amides is 2. The molecule has 0 spiro atoms. The van der Waals surface area contributed by atoms with E-state index in [4.69, 9.17) is 33.2 Å². The highest BCUT2D eigenvalue weighted by Gasteiger charge is 2.48. The maximum absolute atomic E-state index is 14.1. The number of benzene rings is 2. The van der Waals surface area contributed by atoms with Gasteiger partial charge in [-0.05, 0) is 31.0 Å². The number of nitrogens with zero attached hydrogens (tertiary/aromatic N) is 2. The topological polar surface area (TPSA) is 112 Å². The normalized spacial score (nSPS) is 15.2. The molecule has 0 radical (unpaired) electrons. The van der Waals surface area contributed by atoms with Gasteiger partial charge in [0.15, 0.2) is 6.29 Å². The number of para-hydroxylation sites is 1. The summed E-state index contributed by atoms with van der Waals surface area (Å²) in [5.41, 5.74) is 1.03. The van der Waals surface area contributed by atoms with E-state index in [1.54, 1.807) is 56.7 Å². The van der Waals surface area contributed by atoms with Crippen LogP contribution < -0.4 is 9.22 Å². The van der Waals surface area contributed by atoms with Crippen molar-refractivity contribution in [2.75, 3.05) is 48.7 Å². The molecule has 0 N–H and O–H groups in total. The van der Waals surface area contributed by atoms with E-state index in [1.165, 1.54) is 85.3 Å². The first-order valence-electron chi connectivity index (χ1n) is 20.8. The largest absolute Gasteiger partial charge is 0.530 e. The van der Waals surface area contributed by atoms with Gasteiger partial charge in [-0.3, -0.25) is 0 Å². The van der Waals surface area contributed by atoms with Crippen molar-refractivity contribution < 1.29 is 42.7 Å². The van der Waals surface area contributed by atoms with Crippen molar-refractivity contribution in [3.8, 4) is 5.75 Å². The Balaban J connectivity index is 1.70. The van der Waals surface area contributed by atoms with Gasteiger partial charge < -0.3 is 33.2 Å². The lowest BCUT2D eigenvalue weighted by Crippen LogP contribution is -2.56. The number of hydrogen-bond donors (Lipinski definition) is 0. The third-order valence-corrected chi connectivity index (χ3v) is 10.6. The van der Waals surface area contributed by atoms with E-state index in [0.717, 1.165) is 31.2 Å². The van der Waals surface area contributed by atoms with E-state index >= 15 is 0 Å². The van der Waals surface area contributed by atoms with Crippen LogP contribution in [0, 0.1) is 0 Å². The molecule has 0 aliphatic rings. The highest BCUT2D eigenvalue weighted by Crippen LogP contribution is 2.30. The first-order valence-corrected chi connectivity index (χ1v) is 20.8. The second kappa shape index (κ2) is 27.1. The molecule has 316 valence electrons. The van der Waals surface area contributed by atoms with Gasteiger partial charge in [0.25, 0.3) is 0 Å². The van der Waals surface area contributed by atoms with Crippen LogP contribution in [0.15, 0.2) is 79.0 Å². The van der Waals surface area contributed by atoms with Crippen LogP contribution in [-0.4, -0.2) is 90.1 Å². The van der Waals surface area contributed by atoms with Crippen LogP contribution >= 0.6 is 0 Å². The summed E-state index contributed by atoms with van der Waals surface area (Å²) in [6, 6.07) is 21.5. The lowest BCUT2D eigenvalue weighted by Gasteiger charge is -2.35. The number of carbonyl (C=O) groups is 2. The van der Waals surface area contributed by atoms with E-state index in [1.807, 2.05) is 30.3 Å². The molecule has 1 heterocycles. The Morgan fingerprint density at radius 2 is 1.30 bits per heavy atom. The van der Waals surface area contributed by atoms with Crippen molar-refractivity contribution in [2.45, 2.75) is 128 Å². The van der Waals surface area contributed by atoms with Crippen LogP contribution in [0.1, 0.15) is 120 Å². The molecule has 3 aromatic rings. The molecule has 0 fully saturated rings. The molecule has 2 aromatic carbocycles. The van der Waals surface area contributed by atoms with Gasteiger partial charge in [-0.15, -0.1) is 4.48 Å². The second-order valence-electron chi connectivity index (χ2n) is 14.6. The quantitative estimate of drug-likeness (QED) is 0.0382. The number of pyridine rings is 1. The van der Waals surface area contributed by atoms with Gasteiger partial charge in [0.1, 0.15) is 30.1 Å². The highest BCUT2D eigenvalue weighted by atomic mass is 16.7. The Labute approximate surface area is 341 Å². The molecule has 1 aromatic heterocycles. The minimum atomic E-state index is -0.886. The van der Waals surface area contributed by atoms with Gasteiger partial charge >= 0.3 is 12.0 Å². The number of aromatic nitrogens is 1. The van der Waals surface area contributed by atoms with E-state index in [0.29, 0.717) is 5.75 Å². The third kappa shape index (κ3) is 14.9. The van der Waals surface area contributed by atoms with Crippen molar-refractivity contribution in [1.82, 2.24) is 9.47 Å². The number of hydrogen-bond acceptors (Lipinski definition) is 10. The molecule has 2 amide bonds. The maximum Gasteiger partial charge on any atom is 0.530 e. The van der Waals surface area contributed by atoms with Crippen LogP contribution in [0.2, 0.25) is 0 Å². The molecule has 57 heavy (non-hydrogen) atoms. The molecular formula is C46H69N2O9+. The molecule has 0 saturated carbocycles. The third-order valence-electron chi connectivity index (χ3n) is 10.6. The summed E-state index contributed by atoms with van der Waals surface area (Å²) < 4.78 is 41.4. The minimum Gasteiger partial charge on any atom is -0.496 e. The molecule has 3 rings (SSSR count). The molecule has 6 unspecified atom stereocenters. The fourth-order valence-corrected chi connectivity index (χ4v) is 6.97. The zero-order chi connectivity index (χ0) is 41.3. The second-order valence-corrected chi connectivity index (χ2v) is 14.6. The van der Waals surface area contributed by atoms with Crippen molar-refractivity contribution in [3.05, 3.63) is 90.1 Å². The number of ether oxygens (including phenoxy) is 7. The van der Waals surface area contributed by atoms with Crippen molar-refractivity contribution >= 4 is 17.8 Å². The Hall–Kier alpha value is -3.71. The summed E-state index contributed by atoms with van der Waals surface area (Å²) in [4.78, 5) is 32.4. The Morgan fingerprint density at radius 3 is 1.88 bits per heavy atom. The van der Waals surface area contributed by atoms with Crippen LogP contribution in [0.3, 0.4) is 0 Å². The first-order chi connectivity index (χ1) is 27.8. The number of imide groups is 1. The van der Waals surface area contributed by atoms with E-state index < -0.39 is 35.0 Å². The lowest BCUT2D eigenvalue weighted by molar-refractivity contribution is -0.235. The van der Waals surface area contributed by atoms with E-state index in [9.17, 15) is 9.59 Å². The van der Waals surface area contributed by atoms with Crippen molar-refractivity contribution in [3.63, 3.8) is 0 Å². The lowest BCUT2D eigenvalue weighted by atomic mass is 9.98. The van der Waals surface area contributed by atoms with E-state index in [-0.39, 0.29) is 36.8 Å². The number of carbonyl (C=O) groups excluding carboxylic acids is 2. The van der Waals surface area contributed by atoms with Gasteiger partial charge in [0.05, 0.1) is 33.0 Å². The van der Waals surface area contributed by atoms with Gasteiger partial charge in [0, 0.05) is 39.2 Å².